The van der Waals surface area contributed by atoms with Gasteiger partial charge in [0.05, 0.1) is 0 Å². The summed E-state index contributed by atoms with van der Waals surface area (Å²) in [6, 6.07) is 8.60. The van der Waals surface area contributed by atoms with E-state index in [1.54, 1.807) is 12.1 Å². The van der Waals surface area contributed by atoms with Gasteiger partial charge >= 0.3 is 0 Å². The second-order valence-electron chi connectivity index (χ2n) is 3.73. The van der Waals surface area contributed by atoms with E-state index in [1.807, 2.05) is 0 Å². The Bertz CT molecular complexity index is 586. The lowest BCUT2D eigenvalue weighted by Crippen LogP contribution is -2.03. The van der Waals surface area contributed by atoms with E-state index in [0.29, 0.717) is 15.6 Å². The predicted octanol–water partition coefficient (Wildman–Crippen LogP) is 4.87. The zero-order valence-corrected chi connectivity index (χ0v) is 11.3. The normalized spacial score (nSPS) is 12.5. The summed E-state index contributed by atoms with van der Waals surface area (Å²) in [5.41, 5.74) is 0.453. The number of halogens is 4. The molecular weight excluding hydrogens is 297 g/mol. The van der Waals surface area contributed by atoms with Crippen molar-refractivity contribution in [2.45, 2.75) is 6.10 Å². The van der Waals surface area contributed by atoms with E-state index < -0.39 is 11.9 Å². The van der Waals surface area contributed by atoms with Gasteiger partial charge in [-0.1, -0.05) is 40.9 Å². The van der Waals surface area contributed by atoms with Crippen LogP contribution in [0.2, 0.25) is 15.1 Å². The van der Waals surface area contributed by atoms with Crippen LogP contribution in [0.25, 0.3) is 0 Å². The zero-order chi connectivity index (χ0) is 13.3. The Hall–Kier alpha value is -0.800. The molecule has 1 unspecified atom stereocenters. The van der Waals surface area contributed by atoms with Gasteiger partial charge in [0.15, 0.2) is 0 Å². The van der Waals surface area contributed by atoms with E-state index in [0.717, 1.165) is 0 Å². The Morgan fingerprint density at radius 2 is 1.50 bits per heavy atom. The van der Waals surface area contributed by atoms with Crippen LogP contribution in [-0.2, 0) is 0 Å². The van der Waals surface area contributed by atoms with Crippen LogP contribution >= 0.6 is 34.8 Å². The Morgan fingerprint density at radius 1 is 0.889 bits per heavy atom. The SMILES string of the molecule is OC(c1cc(Cl)ccc1F)c1ccc(Cl)cc1Cl. The van der Waals surface area contributed by atoms with Crippen LogP contribution in [0.3, 0.4) is 0 Å². The minimum atomic E-state index is -1.19. The molecule has 0 bridgehead atoms. The summed E-state index contributed by atoms with van der Waals surface area (Å²) < 4.78 is 13.6. The molecule has 1 N–H and O–H groups in total. The first kappa shape index (κ1) is 13.6. The van der Waals surface area contributed by atoms with Crippen molar-refractivity contribution >= 4 is 34.8 Å². The lowest BCUT2D eigenvalue weighted by molar-refractivity contribution is 0.215. The molecule has 94 valence electrons. The maximum Gasteiger partial charge on any atom is 0.129 e. The average Bonchev–Trinajstić information content (AvgIpc) is 2.31. The third-order valence-electron chi connectivity index (χ3n) is 2.51. The van der Waals surface area contributed by atoms with E-state index >= 15 is 0 Å². The molecule has 1 atom stereocenters. The number of hydrogen-bond acceptors (Lipinski definition) is 1. The number of benzene rings is 2. The van der Waals surface area contributed by atoms with E-state index in [4.69, 9.17) is 34.8 Å². The topological polar surface area (TPSA) is 20.2 Å². The second kappa shape index (κ2) is 5.45. The molecule has 0 aliphatic heterocycles. The highest BCUT2D eigenvalue weighted by Gasteiger charge is 2.18. The monoisotopic (exact) mass is 304 g/mol. The predicted molar refractivity (Wildman–Crippen MR) is 71.9 cm³/mol. The Balaban J connectivity index is 2.47. The molecule has 2 aromatic rings. The number of hydrogen-bond donors (Lipinski definition) is 1. The van der Waals surface area contributed by atoms with Crippen LogP contribution in [0, 0.1) is 5.82 Å². The van der Waals surface area contributed by atoms with Crippen molar-refractivity contribution in [3.8, 4) is 0 Å². The van der Waals surface area contributed by atoms with E-state index in [2.05, 4.69) is 0 Å². The number of aliphatic hydroxyl groups is 1. The molecule has 0 heterocycles. The van der Waals surface area contributed by atoms with Gasteiger partial charge in [-0.25, -0.2) is 4.39 Å². The molecule has 0 spiro atoms. The van der Waals surface area contributed by atoms with Crippen LogP contribution in [0.1, 0.15) is 17.2 Å². The second-order valence-corrected chi connectivity index (χ2v) is 5.01. The summed E-state index contributed by atoms with van der Waals surface area (Å²) >= 11 is 17.5. The molecule has 0 aliphatic rings. The first-order chi connectivity index (χ1) is 8.49. The molecule has 0 aliphatic carbocycles. The van der Waals surface area contributed by atoms with E-state index in [-0.39, 0.29) is 10.6 Å². The van der Waals surface area contributed by atoms with Gasteiger partial charge in [0.2, 0.25) is 0 Å². The highest BCUT2D eigenvalue weighted by Crippen LogP contribution is 2.32. The molecule has 0 aromatic heterocycles. The third-order valence-corrected chi connectivity index (χ3v) is 3.31. The van der Waals surface area contributed by atoms with Crippen molar-refractivity contribution in [2.24, 2.45) is 0 Å². The molecule has 0 radical (unpaired) electrons. The molecule has 0 saturated heterocycles. The maximum absolute atomic E-state index is 13.6. The molecule has 0 fully saturated rings. The van der Waals surface area contributed by atoms with Gasteiger partial charge in [0, 0.05) is 26.2 Å². The Kier molecular flexibility index (Phi) is 4.13. The fourth-order valence-corrected chi connectivity index (χ4v) is 2.31. The van der Waals surface area contributed by atoms with Gasteiger partial charge in [-0.15, -0.1) is 0 Å². The van der Waals surface area contributed by atoms with Crippen LogP contribution in [0.4, 0.5) is 4.39 Å². The average molecular weight is 306 g/mol. The van der Waals surface area contributed by atoms with E-state index in [9.17, 15) is 9.50 Å². The molecular formula is C13H8Cl3FO. The lowest BCUT2D eigenvalue weighted by atomic mass is 10.0. The first-order valence-corrected chi connectivity index (χ1v) is 6.20. The minimum absolute atomic E-state index is 0.0757. The van der Waals surface area contributed by atoms with Crippen molar-refractivity contribution < 1.29 is 9.50 Å². The summed E-state index contributed by atoms with van der Waals surface area (Å²) in [6.07, 6.45) is -1.19. The summed E-state index contributed by atoms with van der Waals surface area (Å²) in [4.78, 5) is 0. The standard InChI is InChI=1S/C13H8Cl3FO/c14-7-2-4-12(17)10(5-7)13(18)9-3-1-8(15)6-11(9)16/h1-6,13,18H. The molecule has 1 nitrogen and oxygen atoms in total. The summed E-state index contributed by atoms with van der Waals surface area (Å²) in [5, 5.41) is 11.2. The van der Waals surface area contributed by atoms with Gasteiger partial charge in [-0.2, -0.15) is 0 Å². The molecule has 0 amide bonds. The van der Waals surface area contributed by atoms with Crippen molar-refractivity contribution in [3.05, 3.63) is 68.4 Å². The largest absolute Gasteiger partial charge is 0.383 e. The smallest absolute Gasteiger partial charge is 0.129 e. The molecule has 0 saturated carbocycles. The number of aliphatic hydroxyl groups excluding tert-OH is 1. The third kappa shape index (κ3) is 2.78. The van der Waals surface area contributed by atoms with Crippen molar-refractivity contribution in [3.63, 3.8) is 0 Å². The Morgan fingerprint density at radius 3 is 2.17 bits per heavy atom. The van der Waals surface area contributed by atoms with Gasteiger partial charge in [-0.05, 0) is 30.3 Å². The minimum Gasteiger partial charge on any atom is -0.383 e. The van der Waals surface area contributed by atoms with Gasteiger partial charge in [0.25, 0.3) is 0 Å². The van der Waals surface area contributed by atoms with Crippen molar-refractivity contribution in [2.75, 3.05) is 0 Å². The number of rotatable bonds is 2. The van der Waals surface area contributed by atoms with Gasteiger partial charge in [-0.3, -0.25) is 0 Å². The molecule has 2 aromatic carbocycles. The summed E-state index contributed by atoms with van der Waals surface area (Å²) in [7, 11) is 0. The van der Waals surface area contributed by atoms with E-state index in [1.165, 1.54) is 24.3 Å². The molecule has 2 rings (SSSR count). The first-order valence-electron chi connectivity index (χ1n) is 5.07. The summed E-state index contributed by atoms with van der Waals surface area (Å²) in [6.45, 7) is 0. The molecule has 5 heteroatoms. The van der Waals surface area contributed by atoms with Gasteiger partial charge in [0.1, 0.15) is 11.9 Å². The summed E-state index contributed by atoms with van der Waals surface area (Å²) in [5.74, 6) is -0.544. The quantitative estimate of drug-likeness (QED) is 0.839. The fraction of sp³-hybridized carbons (Fsp3) is 0.0769. The Labute approximate surface area is 119 Å². The van der Waals surface area contributed by atoms with Crippen LogP contribution in [0.15, 0.2) is 36.4 Å². The highest BCUT2D eigenvalue weighted by atomic mass is 35.5. The zero-order valence-electron chi connectivity index (χ0n) is 9.00. The fourth-order valence-electron chi connectivity index (χ4n) is 1.61. The van der Waals surface area contributed by atoms with Crippen LogP contribution in [0.5, 0.6) is 0 Å². The maximum atomic E-state index is 13.6. The van der Waals surface area contributed by atoms with Crippen molar-refractivity contribution in [1.29, 1.82) is 0 Å². The molecule has 18 heavy (non-hydrogen) atoms. The lowest BCUT2D eigenvalue weighted by Gasteiger charge is -2.14. The van der Waals surface area contributed by atoms with Crippen LogP contribution < -0.4 is 0 Å². The highest BCUT2D eigenvalue weighted by molar-refractivity contribution is 6.35. The van der Waals surface area contributed by atoms with Crippen LogP contribution in [-0.4, -0.2) is 5.11 Å². The van der Waals surface area contributed by atoms with Gasteiger partial charge < -0.3 is 5.11 Å². The van der Waals surface area contributed by atoms with Crippen molar-refractivity contribution in [1.82, 2.24) is 0 Å².